The molecule has 3 nitrogen and oxygen atoms in total. The fourth-order valence-electron chi connectivity index (χ4n) is 2.35. The molecule has 0 fully saturated rings. The first kappa shape index (κ1) is 15.7. The zero-order chi connectivity index (χ0) is 15.5. The largest absolute Gasteiger partial charge is 0.507 e. The molecule has 0 spiro atoms. The van der Waals surface area contributed by atoms with E-state index in [1.807, 2.05) is 38.1 Å². The summed E-state index contributed by atoms with van der Waals surface area (Å²) >= 11 is 0. The second kappa shape index (κ2) is 6.39. The number of phenols is 1. The highest BCUT2D eigenvalue weighted by molar-refractivity contribution is 6.88. The van der Waals surface area contributed by atoms with E-state index < -0.39 is 8.07 Å². The molecule has 0 amide bonds. The van der Waals surface area contributed by atoms with Crippen molar-refractivity contribution >= 4 is 13.5 Å². The molecule has 0 aliphatic carbocycles. The summed E-state index contributed by atoms with van der Waals surface area (Å²) in [5.41, 5.74) is 1.89. The van der Waals surface area contributed by atoms with E-state index >= 15 is 0 Å². The van der Waals surface area contributed by atoms with Crippen molar-refractivity contribution in [2.75, 3.05) is 6.23 Å². The third-order valence-electron chi connectivity index (χ3n) is 3.79. The predicted molar refractivity (Wildman–Crippen MR) is 88.2 cm³/mol. The molecule has 0 saturated carbocycles. The number of benzene rings is 1. The van der Waals surface area contributed by atoms with E-state index in [-0.39, 0.29) is 0 Å². The fraction of sp³-hybridized carbons (Fsp3) is 0.412. The number of hydrogen-bond acceptors (Lipinski definition) is 3. The lowest BCUT2D eigenvalue weighted by Crippen LogP contribution is -2.46. The van der Waals surface area contributed by atoms with E-state index in [4.69, 9.17) is 9.15 Å². The molecule has 2 rings (SSSR count). The van der Waals surface area contributed by atoms with Gasteiger partial charge in [0, 0.05) is 0 Å². The van der Waals surface area contributed by atoms with Gasteiger partial charge in [-0.25, -0.2) is 0 Å². The second-order valence-electron chi connectivity index (χ2n) is 5.95. The third-order valence-corrected chi connectivity index (χ3v) is 6.28. The first-order chi connectivity index (χ1) is 9.97. The number of aryl methyl sites for hydroxylation is 2. The van der Waals surface area contributed by atoms with Crippen LogP contribution in [0.4, 0.5) is 0 Å². The van der Waals surface area contributed by atoms with Crippen molar-refractivity contribution in [3.8, 4) is 11.5 Å². The van der Waals surface area contributed by atoms with Crippen LogP contribution in [-0.2, 0) is 12.8 Å². The van der Waals surface area contributed by atoms with Gasteiger partial charge in [0.25, 0.3) is 0 Å². The molecule has 114 valence electrons. The van der Waals surface area contributed by atoms with Gasteiger partial charge in [0.2, 0.25) is 0 Å². The monoisotopic (exact) mass is 304 g/mol. The van der Waals surface area contributed by atoms with Crippen molar-refractivity contribution in [2.45, 2.75) is 39.8 Å². The molecule has 1 aromatic heterocycles. The number of furan rings is 1. The highest BCUT2D eigenvalue weighted by Gasteiger charge is 2.28. The molecule has 0 atom stereocenters. The van der Waals surface area contributed by atoms with Crippen LogP contribution in [0.2, 0.25) is 13.1 Å². The van der Waals surface area contributed by atoms with Gasteiger partial charge in [0.05, 0.1) is 17.9 Å². The van der Waals surface area contributed by atoms with Gasteiger partial charge in [-0.1, -0.05) is 26.9 Å². The van der Waals surface area contributed by atoms with Gasteiger partial charge >= 0.3 is 0 Å². The molecule has 0 saturated heterocycles. The summed E-state index contributed by atoms with van der Waals surface area (Å²) in [6.45, 7) is 8.54. The van der Waals surface area contributed by atoms with Gasteiger partial charge < -0.3 is 14.3 Å². The van der Waals surface area contributed by atoms with Crippen molar-refractivity contribution in [3.05, 3.63) is 41.7 Å². The van der Waals surface area contributed by atoms with Gasteiger partial charge in [0.15, 0.2) is 8.07 Å². The second-order valence-corrected chi connectivity index (χ2v) is 10.5. The van der Waals surface area contributed by atoms with E-state index in [0.29, 0.717) is 12.0 Å². The van der Waals surface area contributed by atoms with Crippen molar-refractivity contribution in [3.63, 3.8) is 0 Å². The molecular formula is C17H24O3Si. The molecule has 4 heteroatoms. The summed E-state index contributed by atoms with van der Waals surface area (Å²) in [7, 11) is -1.73. The zero-order valence-corrected chi connectivity index (χ0v) is 14.3. The van der Waals surface area contributed by atoms with Crippen molar-refractivity contribution in [1.29, 1.82) is 0 Å². The fourth-order valence-corrected chi connectivity index (χ4v) is 3.95. The van der Waals surface area contributed by atoms with Crippen LogP contribution in [0.3, 0.4) is 0 Å². The molecule has 2 aromatic rings. The molecule has 0 radical (unpaired) electrons. The quantitative estimate of drug-likeness (QED) is 0.828. The van der Waals surface area contributed by atoms with Gasteiger partial charge in [-0.3, -0.25) is 0 Å². The lowest BCUT2D eigenvalue weighted by atomic mass is 10.0. The van der Waals surface area contributed by atoms with Crippen molar-refractivity contribution < 1.29 is 14.3 Å². The minimum absolute atomic E-state index is 0.412. The summed E-state index contributed by atoms with van der Waals surface area (Å²) in [5.74, 6) is 1.25. The Kier molecular flexibility index (Phi) is 4.78. The third kappa shape index (κ3) is 3.50. The average molecular weight is 304 g/mol. The first-order valence-electron chi connectivity index (χ1n) is 7.49. The SMILES string of the molecule is CCc1cc(OC[Si](C)(C)c2ccco2)cc(CC)c1O. The standard InChI is InChI=1S/C17H24O3Si/c1-5-13-10-15(11-14(6-2)17(13)18)20-12-21(3,4)16-8-7-9-19-16/h7-11,18H,5-6,12H2,1-4H3. The number of phenolic OH excluding ortho intramolecular Hbond substituents is 1. The molecule has 0 aliphatic heterocycles. The summed E-state index contributed by atoms with van der Waals surface area (Å²) in [5, 5.41) is 11.2. The smallest absolute Gasteiger partial charge is 0.168 e. The van der Waals surface area contributed by atoms with Crippen molar-refractivity contribution in [1.82, 2.24) is 0 Å². The number of aromatic hydroxyl groups is 1. The molecule has 1 heterocycles. The van der Waals surface area contributed by atoms with E-state index in [1.54, 1.807) is 6.26 Å². The highest BCUT2D eigenvalue weighted by atomic mass is 28.3. The summed E-state index contributed by atoms with van der Waals surface area (Å²) in [6.07, 6.45) is 3.98. The van der Waals surface area contributed by atoms with E-state index in [2.05, 4.69) is 13.1 Å². The predicted octanol–water partition coefficient (Wildman–Crippen LogP) is 3.64. The molecule has 21 heavy (non-hydrogen) atoms. The normalized spacial score (nSPS) is 11.6. The Morgan fingerprint density at radius 2 is 1.76 bits per heavy atom. The van der Waals surface area contributed by atoms with E-state index in [0.717, 1.165) is 35.1 Å². The Balaban J connectivity index is 2.17. The molecule has 0 unspecified atom stereocenters. The lowest BCUT2D eigenvalue weighted by Gasteiger charge is -2.21. The first-order valence-corrected chi connectivity index (χ1v) is 10.7. The molecular weight excluding hydrogens is 280 g/mol. The van der Waals surface area contributed by atoms with Gasteiger partial charge in [0.1, 0.15) is 11.5 Å². The van der Waals surface area contributed by atoms with E-state index in [9.17, 15) is 5.11 Å². The van der Waals surface area contributed by atoms with Crippen LogP contribution in [0.5, 0.6) is 11.5 Å². The highest BCUT2D eigenvalue weighted by Crippen LogP contribution is 2.29. The summed E-state index contributed by atoms with van der Waals surface area (Å²) < 4.78 is 11.6. The molecule has 0 aliphatic rings. The minimum atomic E-state index is -1.73. The molecule has 1 N–H and O–H groups in total. The van der Waals surface area contributed by atoms with Crippen molar-refractivity contribution in [2.24, 2.45) is 0 Å². The molecule has 0 bridgehead atoms. The van der Waals surface area contributed by atoms with Gasteiger partial charge in [-0.15, -0.1) is 0 Å². The zero-order valence-electron chi connectivity index (χ0n) is 13.3. The van der Waals surface area contributed by atoms with E-state index in [1.165, 1.54) is 0 Å². The topological polar surface area (TPSA) is 42.6 Å². The maximum atomic E-state index is 10.1. The van der Waals surface area contributed by atoms with Crippen LogP contribution in [0, 0.1) is 0 Å². The van der Waals surface area contributed by atoms with Crippen LogP contribution in [-0.4, -0.2) is 19.4 Å². The van der Waals surface area contributed by atoms with Crippen LogP contribution in [0.15, 0.2) is 34.9 Å². The van der Waals surface area contributed by atoms with Gasteiger partial charge in [-0.2, -0.15) is 0 Å². The maximum Gasteiger partial charge on any atom is 0.168 e. The Morgan fingerprint density at radius 1 is 1.14 bits per heavy atom. The Hall–Kier alpha value is -1.68. The average Bonchev–Trinajstić information content (AvgIpc) is 3.01. The Bertz CT molecular complexity index is 563. The van der Waals surface area contributed by atoms with Crippen LogP contribution >= 0.6 is 0 Å². The van der Waals surface area contributed by atoms with Crippen LogP contribution < -0.4 is 10.1 Å². The number of rotatable bonds is 6. The summed E-state index contributed by atoms with van der Waals surface area (Å²) in [6, 6.07) is 7.85. The van der Waals surface area contributed by atoms with Gasteiger partial charge in [-0.05, 0) is 48.2 Å². The molecule has 1 aromatic carbocycles. The maximum absolute atomic E-state index is 10.1. The number of hydrogen-bond donors (Lipinski definition) is 1. The Labute approximate surface area is 127 Å². The lowest BCUT2D eigenvalue weighted by molar-refractivity contribution is 0.374. The number of ether oxygens (including phenoxy) is 1. The van der Waals surface area contributed by atoms with Crippen LogP contribution in [0.1, 0.15) is 25.0 Å². The Morgan fingerprint density at radius 3 is 2.24 bits per heavy atom. The summed E-state index contributed by atoms with van der Waals surface area (Å²) in [4.78, 5) is 0. The minimum Gasteiger partial charge on any atom is -0.507 e. The van der Waals surface area contributed by atoms with Crippen LogP contribution in [0.25, 0.3) is 0 Å².